The lowest BCUT2D eigenvalue weighted by Crippen LogP contribution is -2.52. The molecule has 40 heavy (non-hydrogen) atoms. The van der Waals surface area contributed by atoms with Crippen molar-refractivity contribution in [3.8, 4) is 0 Å². The predicted octanol–water partition coefficient (Wildman–Crippen LogP) is 6.14. The molecule has 3 aromatic rings. The first-order valence-corrected chi connectivity index (χ1v) is 15.2. The summed E-state index contributed by atoms with van der Waals surface area (Å²) in [5.41, 5.74) is 2.87. The van der Waals surface area contributed by atoms with Gasteiger partial charge in [-0.25, -0.2) is 8.42 Å². The highest BCUT2D eigenvalue weighted by molar-refractivity contribution is 7.92. The van der Waals surface area contributed by atoms with E-state index < -0.39 is 28.5 Å². The number of rotatable bonds is 11. The van der Waals surface area contributed by atoms with Gasteiger partial charge in [-0.05, 0) is 87.2 Å². The van der Waals surface area contributed by atoms with Crippen LogP contribution in [0.2, 0.25) is 10.0 Å². The van der Waals surface area contributed by atoms with Crippen LogP contribution in [-0.4, -0.2) is 43.8 Å². The number of sulfonamides is 1. The Morgan fingerprint density at radius 3 is 2.17 bits per heavy atom. The van der Waals surface area contributed by atoms with E-state index in [0.717, 1.165) is 21.9 Å². The number of benzene rings is 3. The van der Waals surface area contributed by atoms with Gasteiger partial charge in [0.15, 0.2) is 0 Å². The van der Waals surface area contributed by atoms with Crippen LogP contribution in [0.1, 0.15) is 43.9 Å². The van der Waals surface area contributed by atoms with Gasteiger partial charge in [0.1, 0.15) is 12.6 Å². The molecule has 0 bridgehead atoms. The molecule has 2 amide bonds. The van der Waals surface area contributed by atoms with Gasteiger partial charge in [-0.1, -0.05) is 60.5 Å². The van der Waals surface area contributed by atoms with Crippen LogP contribution in [0.3, 0.4) is 0 Å². The Bertz CT molecular complexity index is 1470. The second kappa shape index (κ2) is 13.5. The number of amides is 2. The third-order valence-corrected chi connectivity index (χ3v) is 9.42. The van der Waals surface area contributed by atoms with E-state index in [1.54, 1.807) is 55.5 Å². The maximum absolute atomic E-state index is 14.0. The fourth-order valence-electron chi connectivity index (χ4n) is 4.01. The minimum absolute atomic E-state index is 0.0248. The number of nitrogens with one attached hydrogen (secondary N) is 1. The molecule has 2 unspecified atom stereocenters. The van der Waals surface area contributed by atoms with Crippen LogP contribution in [0.15, 0.2) is 71.6 Å². The molecule has 0 fully saturated rings. The van der Waals surface area contributed by atoms with Crippen molar-refractivity contribution < 1.29 is 18.0 Å². The van der Waals surface area contributed by atoms with Crippen LogP contribution in [0.25, 0.3) is 0 Å². The highest BCUT2D eigenvalue weighted by Gasteiger charge is 2.33. The van der Waals surface area contributed by atoms with E-state index in [4.69, 9.17) is 23.2 Å². The van der Waals surface area contributed by atoms with Crippen molar-refractivity contribution in [1.82, 2.24) is 10.2 Å². The molecule has 1 N–H and O–H groups in total. The normalized spacial score (nSPS) is 12.9. The zero-order valence-corrected chi connectivity index (χ0v) is 25.6. The van der Waals surface area contributed by atoms with Crippen LogP contribution < -0.4 is 9.62 Å². The SMILES string of the molecule is CCC(C)NC(=O)C(C)N(Cc1ccc(Cl)c(Cl)c1)C(=O)CN(c1ccc(C)c(C)c1)S(=O)(=O)c1ccccc1. The third kappa shape index (κ3) is 7.56. The standard InChI is InChI=1S/C30H35Cl2N3O4S/c1-6-22(4)33-30(37)23(5)34(18-24-13-15-27(31)28(32)17-24)29(36)19-35(25-14-12-20(2)21(3)16-25)40(38,39)26-10-8-7-9-11-26/h7-17,22-23H,6,18-19H2,1-5H3,(H,33,37). The highest BCUT2D eigenvalue weighted by Crippen LogP contribution is 2.27. The maximum Gasteiger partial charge on any atom is 0.264 e. The lowest BCUT2D eigenvalue weighted by Gasteiger charge is -2.32. The molecule has 0 aromatic heterocycles. The molecule has 214 valence electrons. The second-order valence-electron chi connectivity index (χ2n) is 9.86. The van der Waals surface area contributed by atoms with Crippen molar-refractivity contribution in [2.24, 2.45) is 0 Å². The fourth-order valence-corrected chi connectivity index (χ4v) is 5.76. The number of halogens is 2. The first kappa shape index (κ1) is 31.5. The summed E-state index contributed by atoms with van der Waals surface area (Å²) in [5.74, 6) is -0.887. The topological polar surface area (TPSA) is 86.8 Å². The summed E-state index contributed by atoms with van der Waals surface area (Å²) in [6, 6.07) is 17.2. The first-order valence-electron chi connectivity index (χ1n) is 13.0. The van der Waals surface area contributed by atoms with Gasteiger partial charge in [0.2, 0.25) is 11.8 Å². The van der Waals surface area contributed by atoms with Crippen LogP contribution in [0, 0.1) is 13.8 Å². The van der Waals surface area contributed by atoms with Crippen LogP contribution in [0.5, 0.6) is 0 Å². The average Bonchev–Trinajstić information content (AvgIpc) is 2.93. The van der Waals surface area contributed by atoms with Gasteiger partial charge >= 0.3 is 0 Å². The Balaban J connectivity index is 2.05. The second-order valence-corrected chi connectivity index (χ2v) is 12.5. The van der Waals surface area contributed by atoms with Crippen LogP contribution >= 0.6 is 23.2 Å². The average molecular weight is 605 g/mol. The van der Waals surface area contributed by atoms with Crippen LogP contribution in [0.4, 0.5) is 5.69 Å². The summed E-state index contributed by atoms with van der Waals surface area (Å²) in [6.07, 6.45) is 0.717. The molecule has 0 aliphatic rings. The number of carbonyl (C=O) groups is 2. The summed E-state index contributed by atoms with van der Waals surface area (Å²) in [4.78, 5) is 28.6. The molecular formula is C30H35Cl2N3O4S. The Kier molecular flexibility index (Phi) is 10.6. The van der Waals surface area contributed by atoms with E-state index in [9.17, 15) is 18.0 Å². The summed E-state index contributed by atoms with van der Waals surface area (Å²) in [6.45, 7) is 8.77. The minimum atomic E-state index is -4.12. The Labute approximate surface area is 247 Å². The molecule has 2 atom stereocenters. The van der Waals surface area contributed by atoms with Gasteiger partial charge in [-0.3, -0.25) is 13.9 Å². The third-order valence-electron chi connectivity index (χ3n) is 6.89. The molecule has 0 spiro atoms. The molecule has 0 saturated carbocycles. The Hall–Kier alpha value is -3.07. The molecule has 10 heteroatoms. The lowest BCUT2D eigenvalue weighted by molar-refractivity contribution is -0.139. The number of hydrogen-bond donors (Lipinski definition) is 1. The largest absolute Gasteiger partial charge is 0.352 e. The van der Waals surface area contributed by atoms with E-state index in [1.165, 1.54) is 17.0 Å². The zero-order chi connectivity index (χ0) is 29.6. The molecular weight excluding hydrogens is 569 g/mol. The summed E-state index contributed by atoms with van der Waals surface area (Å²) in [7, 11) is -4.12. The van der Waals surface area contributed by atoms with E-state index >= 15 is 0 Å². The van der Waals surface area contributed by atoms with Gasteiger partial charge in [0.25, 0.3) is 10.0 Å². The van der Waals surface area contributed by atoms with Gasteiger partial charge in [-0.15, -0.1) is 0 Å². The van der Waals surface area contributed by atoms with Gasteiger partial charge < -0.3 is 10.2 Å². The predicted molar refractivity (Wildman–Crippen MR) is 161 cm³/mol. The smallest absolute Gasteiger partial charge is 0.264 e. The molecule has 0 aliphatic carbocycles. The van der Waals surface area contributed by atoms with Crippen molar-refractivity contribution in [3.05, 3.63) is 93.5 Å². The molecule has 0 aliphatic heterocycles. The first-order chi connectivity index (χ1) is 18.8. The number of carbonyl (C=O) groups excluding carboxylic acids is 2. The number of nitrogens with zero attached hydrogens (tertiary/aromatic N) is 2. The van der Waals surface area contributed by atoms with Crippen molar-refractivity contribution in [3.63, 3.8) is 0 Å². The molecule has 3 aromatic carbocycles. The fraction of sp³-hybridized carbons (Fsp3) is 0.333. The van der Waals surface area contributed by atoms with Crippen molar-refractivity contribution >= 4 is 50.7 Å². The van der Waals surface area contributed by atoms with Crippen molar-refractivity contribution in [2.75, 3.05) is 10.8 Å². The Morgan fingerprint density at radius 2 is 1.57 bits per heavy atom. The quantitative estimate of drug-likeness (QED) is 0.285. The minimum Gasteiger partial charge on any atom is -0.352 e. The summed E-state index contributed by atoms with van der Waals surface area (Å²) in [5, 5.41) is 3.59. The van der Waals surface area contributed by atoms with Gasteiger partial charge in [0.05, 0.1) is 20.6 Å². The lowest BCUT2D eigenvalue weighted by atomic mass is 10.1. The molecule has 0 radical (unpaired) electrons. The van der Waals surface area contributed by atoms with E-state index in [1.807, 2.05) is 33.8 Å². The van der Waals surface area contributed by atoms with Crippen LogP contribution in [-0.2, 0) is 26.2 Å². The van der Waals surface area contributed by atoms with Crippen molar-refractivity contribution in [1.29, 1.82) is 0 Å². The van der Waals surface area contributed by atoms with E-state index in [2.05, 4.69) is 5.32 Å². The highest BCUT2D eigenvalue weighted by atomic mass is 35.5. The molecule has 3 rings (SSSR count). The number of hydrogen-bond acceptors (Lipinski definition) is 4. The summed E-state index contributed by atoms with van der Waals surface area (Å²) >= 11 is 12.3. The summed E-state index contributed by atoms with van der Waals surface area (Å²) < 4.78 is 28.8. The van der Waals surface area contributed by atoms with Gasteiger partial charge in [-0.2, -0.15) is 0 Å². The Morgan fingerprint density at radius 1 is 0.900 bits per heavy atom. The number of anilines is 1. The van der Waals surface area contributed by atoms with E-state index in [-0.39, 0.29) is 23.4 Å². The number of aryl methyl sites for hydroxylation is 2. The molecule has 0 heterocycles. The molecule has 0 saturated heterocycles. The zero-order valence-electron chi connectivity index (χ0n) is 23.3. The molecule has 7 nitrogen and oxygen atoms in total. The van der Waals surface area contributed by atoms with E-state index in [0.29, 0.717) is 21.3 Å². The van der Waals surface area contributed by atoms with Crippen molar-refractivity contribution in [2.45, 2.75) is 64.6 Å². The monoisotopic (exact) mass is 603 g/mol. The van der Waals surface area contributed by atoms with Gasteiger partial charge in [0, 0.05) is 12.6 Å². The maximum atomic E-state index is 14.0.